The highest BCUT2D eigenvalue weighted by molar-refractivity contribution is 5.89. The number of fused-ring (bicyclic) bond motifs is 1. The molecule has 2 aliphatic carbocycles. The molecule has 162 valence electrons. The van der Waals surface area contributed by atoms with Crippen LogP contribution in [0.15, 0.2) is 17.1 Å². The van der Waals surface area contributed by atoms with Crippen LogP contribution in [0.3, 0.4) is 0 Å². The van der Waals surface area contributed by atoms with Gasteiger partial charge in [-0.05, 0) is 74.0 Å². The second kappa shape index (κ2) is 7.54. The van der Waals surface area contributed by atoms with E-state index in [1.54, 1.807) is 0 Å². The van der Waals surface area contributed by atoms with Crippen LogP contribution in [0, 0.1) is 24.6 Å². The van der Waals surface area contributed by atoms with Crippen molar-refractivity contribution in [2.45, 2.75) is 51.0 Å². The van der Waals surface area contributed by atoms with E-state index >= 15 is 4.39 Å². The van der Waals surface area contributed by atoms with Gasteiger partial charge in [-0.3, -0.25) is 9.20 Å². The number of halogens is 2. The molecule has 1 aliphatic heterocycles. The lowest BCUT2D eigenvalue weighted by Gasteiger charge is -2.25. The number of aryl methyl sites for hydroxylation is 1. The van der Waals surface area contributed by atoms with Gasteiger partial charge in [-0.2, -0.15) is 0 Å². The molecular formula is C22H27ClFN3O3. The number of hydrogen-bond acceptors (Lipinski definition) is 4. The van der Waals surface area contributed by atoms with Crippen molar-refractivity contribution < 1.29 is 14.3 Å². The Hall–Kier alpha value is -2.12. The summed E-state index contributed by atoms with van der Waals surface area (Å²) in [4.78, 5) is 26.3. The van der Waals surface area contributed by atoms with Crippen LogP contribution in [0.1, 0.15) is 59.5 Å². The van der Waals surface area contributed by atoms with Crippen molar-refractivity contribution in [3.05, 3.63) is 45.1 Å². The van der Waals surface area contributed by atoms with Gasteiger partial charge < -0.3 is 15.7 Å². The van der Waals surface area contributed by atoms with Gasteiger partial charge in [0.15, 0.2) is 5.82 Å². The summed E-state index contributed by atoms with van der Waals surface area (Å²) in [5.41, 5.74) is 8.17. The lowest BCUT2D eigenvalue weighted by molar-refractivity contribution is 0.0694. The van der Waals surface area contributed by atoms with Crippen molar-refractivity contribution in [3.63, 3.8) is 0 Å². The van der Waals surface area contributed by atoms with E-state index in [0.717, 1.165) is 37.9 Å². The Kier molecular flexibility index (Phi) is 5.31. The number of aromatic carboxylic acids is 1. The molecule has 0 radical (unpaired) electrons. The Balaban J connectivity index is 0.00000218. The van der Waals surface area contributed by atoms with E-state index in [1.807, 2.05) is 6.92 Å². The highest BCUT2D eigenvalue weighted by Crippen LogP contribution is 2.44. The highest BCUT2D eigenvalue weighted by Gasteiger charge is 2.38. The second-order valence-corrected chi connectivity index (χ2v) is 8.98. The van der Waals surface area contributed by atoms with Gasteiger partial charge in [0.05, 0.1) is 17.4 Å². The van der Waals surface area contributed by atoms with Gasteiger partial charge in [0, 0.05) is 19.1 Å². The summed E-state index contributed by atoms with van der Waals surface area (Å²) < 4.78 is 16.4. The summed E-state index contributed by atoms with van der Waals surface area (Å²) in [5, 5.41) is 9.42. The lowest BCUT2D eigenvalue weighted by atomic mass is 9.96. The standard InChI is InChI=1S/C22H26FN3O3.ClH/c1-11-19-15(12-2-3-12)8-16(22(28)29)21(27)26(19)10-17(23)20(11)25-7-6-14(9-25)18(24)13-4-5-13;/h8,10,12-14,18H,2-7,9,24H2,1H3,(H,28,29);1H. The van der Waals surface area contributed by atoms with Crippen molar-refractivity contribution in [2.75, 3.05) is 18.0 Å². The van der Waals surface area contributed by atoms with Crippen LogP contribution >= 0.6 is 12.4 Å². The van der Waals surface area contributed by atoms with Crippen molar-refractivity contribution in [2.24, 2.45) is 17.6 Å². The van der Waals surface area contributed by atoms with Gasteiger partial charge in [0.1, 0.15) is 5.56 Å². The molecule has 2 saturated carbocycles. The molecule has 3 fully saturated rings. The molecule has 0 spiro atoms. The first-order valence-corrected chi connectivity index (χ1v) is 10.5. The second-order valence-electron chi connectivity index (χ2n) is 8.98. The van der Waals surface area contributed by atoms with E-state index in [1.165, 1.54) is 29.5 Å². The summed E-state index contributed by atoms with van der Waals surface area (Å²) in [6.45, 7) is 3.31. The van der Waals surface area contributed by atoms with Crippen LogP contribution in [0.25, 0.3) is 5.52 Å². The zero-order chi connectivity index (χ0) is 20.4. The molecule has 8 heteroatoms. The van der Waals surface area contributed by atoms with Crippen LogP contribution in [0.2, 0.25) is 0 Å². The monoisotopic (exact) mass is 435 g/mol. The van der Waals surface area contributed by atoms with Gasteiger partial charge in [0.25, 0.3) is 5.56 Å². The maximum Gasteiger partial charge on any atom is 0.341 e. The Labute approximate surface area is 180 Å². The molecule has 2 unspecified atom stereocenters. The molecule has 0 aromatic carbocycles. The van der Waals surface area contributed by atoms with Crippen LogP contribution in [-0.2, 0) is 0 Å². The topological polar surface area (TPSA) is 88.0 Å². The quantitative estimate of drug-likeness (QED) is 0.752. The van der Waals surface area contributed by atoms with E-state index in [4.69, 9.17) is 5.73 Å². The predicted octanol–water partition coefficient (Wildman–Crippen LogP) is 3.31. The van der Waals surface area contributed by atoms with Crippen molar-refractivity contribution in [3.8, 4) is 0 Å². The first-order valence-electron chi connectivity index (χ1n) is 10.5. The molecule has 3 N–H and O–H groups in total. The predicted molar refractivity (Wildman–Crippen MR) is 116 cm³/mol. The van der Waals surface area contributed by atoms with Crippen molar-refractivity contribution in [1.29, 1.82) is 0 Å². The van der Waals surface area contributed by atoms with Gasteiger partial charge in [-0.25, -0.2) is 9.18 Å². The average Bonchev–Trinajstić information content (AvgIpc) is 3.59. The van der Waals surface area contributed by atoms with Gasteiger partial charge in [-0.15, -0.1) is 12.4 Å². The minimum atomic E-state index is -1.27. The lowest BCUT2D eigenvalue weighted by Crippen LogP contribution is -2.34. The minimum Gasteiger partial charge on any atom is -0.477 e. The smallest absolute Gasteiger partial charge is 0.341 e. The fraction of sp³-hybridized carbons (Fsp3) is 0.545. The molecule has 6 nitrogen and oxygen atoms in total. The number of aromatic nitrogens is 1. The zero-order valence-corrected chi connectivity index (χ0v) is 17.8. The Morgan fingerprint density at radius 1 is 1.23 bits per heavy atom. The third-order valence-corrected chi connectivity index (χ3v) is 6.94. The summed E-state index contributed by atoms with van der Waals surface area (Å²) in [6.07, 6.45) is 6.43. The molecule has 0 bridgehead atoms. The largest absolute Gasteiger partial charge is 0.477 e. The normalized spacial score (nSPS) is 22.2. The van der Waals surface area contributed by atoms with Crippen molar-refractivity contribution in [1.82, 2.24) is 4.40 Å². The summed E-state index contributed by atoms with van der Waals surface area (Å²) in [6, 6.07) is 1.67. The molecule has 2 atom stereocenters. The summed E-state index contributed by atoms with van der Waals surface area (Å²) in [5.74, 6) is -0.559. The summed E-state index contributed by atoms with van der Waals surface area (Å²) >= 11 is 0. The maximum absolute atomic E-state index is 15.2. The number of carboxylic acid groups (broad SMARTS) is 1. The molecule has 0 amide bonds. The molecule has 5 rings (SSSR count). The maximum atomic E-state index is 15.2. The number of nitrogens with two attached hydrogens (primary N) is 1. The van der Waals surface area contributed by atoms with Crippen LogP contribution < -0.4 is 16.2 Å². The Bertz CT molecular complexity index is 1080. The SMILES string of the molecule is Cc1c(N2CCC(C(N)C3CC3)C2)c(F)cn2c(=O)c(C(=O)O)cc(C3CC3)c12.Cl. The Morgan fingerprint density at radius 2 is 1.93 bits per heavy atom. The van der Waals surface area contributed by atoms with Crippen LogP contribution in [0.5, 0.6) is 0 Å². The number of anilines is 1. The van der Waals surface area contributed by atoms with Gasteiger partial charge >= 0.3 is 5.97 Å². The summed E-state index contributed by atoms with van der Waals surface area (Å²) in [7, 11) is 0. The van der Waals surface area contributed by atoms with E-state index in [2.05, 4.69) is 4.90 Å². The number of carbonyl (C=O) groups is 1. The van der Waals surface area contributed by atoms with Gasteiger partial charge in [0.2, 0.25) is 0 Å². The van der Waals surface area contributed by atoms with Gasteiger partial charge in [-0.1, -0.05) is 0 Å². The Morgan fingerprint density at radius 3 is 2.53 bits per heavy atom. The highest BCUT2D eigenvalue weighted by atomic mass is 35.5. The van der Waals surface area contributed by atoms with E-state index in [-0.39, 0.29) is 29.9 Å². The number of nitrogens with zero attached hydrogens (tertiary/aromatic N) is 2. The van der Waals surface area contributed by atoms with E-state index < -0.39 is 17.3 Å². The van der Waals surface area contributed by atoms with E-state index in [9.17, 15) is 14.7 Å². The number of pyridine rings is 2. The number of hydrogen-bond donors (Lipinski definition) is 2. The molecule has 1 saturated heterocycles. The van der Waals surface area contributed by atoms with Crippen LogP contribution in [0.4, 0.5) is 10.1 Å². The molecule has 3 aliphatic rings. The molecule has 30 heavy (non-hydrogen) atoms. The van der Waals surface area contributed by atoms with Crippen molar-refractivity contribution >= 4 is 29.6 Å². The third-order valence-electron chi connectivity index (χ3n) is 6.94. The number of carboxylic acids is 1. The number of rotatable bonds is 5. The third kappa shape index (κ3) is 3.38. The van der Waals surface area contributed by atoms with E-state index in [0.29, 0.717) is 28.6 Å². The minimum absolute atomic E-state index is 0. The first kappa shape index (κ1) is 21.1. The zero-order valence-electron chi connectivity index (χ0n) is 16.9. The van der Waals surface area contributed by atoms with Crippen LogP contribution in [-0.4, -0.2) is 34.6 Å². The average molecular weight is 436 g/mol. The molecule has 2 aromatic heterocycles. The fourth-order valence-corrected chi connectivity index (χ4v) is 5.06. The first-order chi connectivity index (χ1) is 13.9. The molecule has 2 aromatic rings. The fourth-order valence-electron chi connectivity index (χ4n) is 5.06. The molecular weight excluding hydrogens is 409 g/mol. The molecule has 3 heterocycles.